The number of alkyl halides is 1. The van der Waals surface area contributed by atoms with E-state index < -0.39 is 12.6 Å². The Morgan fingerprint density at radius 3 is 2.88 bits per heavy atom. The maximum absolute atomic E-state index is 11.8. The third-order valence-electron chi connectivity index (χ3n) is 1.78. The molecule has 0 aliphatic carbocycles. The first kappa shape index (κ1) is 12.4. The predicted molar refractivity (Wildman–Crippen MR) is 56.3 cm³/mol. The van der Waals surface area contributed by atoms with Crippen LogP contribution in [0.25, 0.3) is 0 Å². The van der Waals surface area contributed by atoms with E-state index in [0.29, 0.717) is 24.5 Å². The number of aromatic nitrogens is 1. The van der Waals surface area contributed by atoms with Gasteiger partial charge in [-0.15, -0.1) is 0 Å². The van der Waals surface area contributed by atoms with Crippen LogP contribution in [0.15, 0.2) is 18.3 Å². The van der Waals surface area contributed by atoms with Crippen molar-refractivity contribution in [1.82, 2.24) is 4.98 Å². The van der Waals surface area contributed by atoms with Crippen LogP contribution in [0.4, 0.5) is 4.39 Å². The number of carbonyl (C=O) groups is 1. The Bertz CT molecular complexity index is 327. The van der Waals surface area contributed by atoms with Crippen LogP contribution in [0, 0.1) is 0 Å². The molecule has 1 rings (SSSR count). The summed E-state index contributed by atoms with van der Waals surface area (Å²) in [4.78, 5) is 15.2. The standard InChI is InChI=1S/C11H14FNO3/c1-2-15-11(14)9-4-5-10(13-8-9)16-7-3-6-12/h4-5,8H,2-3,6-7H2,1H3. The molecule has 1 aromatic rings. The van der Waals surface area contributed by atoms with Gasteiger partial charge in [-0.25, -0.2) is 9.78 Å². The molecule has 0 atom stereocenters. The van der Waals surface area contributed by atoms with Gasteiger partial charge in [0.2, 0.25) is 5.88 Å². The van der Waals surface area contributed by atoms with Crippen molar-refractivity contribution >= 4 is 5.97 Å². The molecule has 1 aromatic heterocycles. The molecule has 0 aliphatic rings. The molecule has 0 spiro atoms. The first-order valence-electron chi connectivity index (χ1n) is 5.10. The zero-order valence-corrected chi connectivity index (χ0v) is 9.11. The molecule has 0 saturated heterocycles. The average molecular weight is 227 g/mol. The first-order chi connectivity index (χ1) is 7.77. The highest BCUT2D eigenvalue weighted by atomic mass is 19.1. The molecule has 16 heavy (non-hydrogen) atoms. The number of ether oxygens (including phenoxy) is 2. The highest BCUT2D eigenvalue weighted by Crippen LogP contribution is 2.08. The fraction of sp³-hybridized carbons (Fsp3) is 0.455. The van der Waals surface area contributed by atoms with Gasteiger partial charge in [0.25, 0.3) is 0 Å². The van der Waals surface area contributed by atoms with E-state index in [0.717, 1.165) is 0 Å². The lowest BCUT2D eigenvalue weighted by Crippen LogP contribution is -2.06. The van der Waals surface area contributed by atoms with Gasteiger partial charge in [0, 0.05) is 18.7 Å². The van der Waals surface area contributed by atoms with Crippen LogP contribution in [-0.4, -0.2) is 30.8 Å². The van der Waals surface area contributed by atoms with Gasteiger partial charge >= 0.3 is 5.97 Å². The fourth-order valence-corrected chi connectivity index (χ4v) is 1.03. The number of hydrogen-bond donors (Lipinski definition) is 0. The highest BCUT2D eigenvalue weighted by molar-refractivity contribution is 5.89. The quantitative estimate of drug-likeness (QED) is 0.551. The first-order valence-corrected chi connectivity index (χ1v) is 5.10. The Kier molecular flexibility index (Phi) is 5.25. The van der Waals surface area contributed by atoms with Gasteiger partial charge in [0.1, 0.15) is 0 Å². The Hall–Kier alpha value is -1.65. The summed E-state index contributed by atoms with van der Waals surface area (Å²) in [7, 11) is 0. The summed E-state index contributed by atoms with van der Waals surface area (Å²) < 4.78 is 21.7. The molecule has 88 valence electrons. The van der Waals surface area contributed by atoms with E-state index in [4.69, 9.17) is 9.47 Å². The number of carbonyl (C=O) groups excluding carboxylic acids is 1. The van der Waals surface area contributed by atoms with Gasteiger partial charge in [-0.3, -0.25) is 4.39 Å². The second kappa shape index (κ2) is 6.76. The largest absolute Gasteiger partial charge is 0.478 e. The van der Waals surface area contributed by atoms with Crippen LogP contribution >= 0.6 is 0 Å². The van der Waals surface area contributed by atoms with E-state index in [1.54, 1.807) is 19.1 Å². The maximum Gasteiger partial charge on any atom is 0.339 e. The smallest absolute Gasteiger partial charge is 0.339 e. The second-order valence-electron chi connectivity index (χ2n) is 3.00. The molecule has 0 fully saturated rings. The number of rotatable bonds is 6. The van der Waals surface area contributed by atoms with Crippen molar-refractivity contribution in [3.8, 4) is 5.88 Å². The molecular weight excluding hydrogens is 213 g/mol. The van der Waals surface area contributed by atoms with Crippen LogP contribution in [0.2, 0.25) is 0 Å². The minimum Gasteiger partial charge on any atom is -0.478 e. The molecule has 0 saturated carbocycles. The van der Waals surface area contributed by atoms with E-state index in [9.17, 15) is 9.18 Å². The zero-order chi connectivity index (χ0) is 11.8. The lowest BCUT2D eigenvalue weighted by molar-refractivity contribution is 0.0526. The topological polar surface area (TPSA) is 48.4 Å². The number of pyridine rings is 1. The Balaban J connectivity index is 2.50. The van der Waals surface area contributed by atoms with Gasteiger partial charge in [-0.05, 0) is 13.0 Å². The van der Waals surface area contributed by atoms with Crippen molar-refractivity contribution in [3.05, 3.63) is 23.9 Å². The van der Waals surface area contributed by atoms with Crippen molar-refractivity contribution in [2.24, 2.45) is 0 Å². The summed E-state index contributed by atoms with van der Waals surface area (Å²) in [6, 6.07) is 3.13. The van der Waals surface area contributed by atoms with Gasteiger partial charge in [0.05, 0.1) is 25.5 Å². The third kappa shape index (κ3) is 3.84. The number of halogens is 1. The van der Waals surface area contributed by atoms with Crippen molar-refractivity contribution in [3.63, 3.8) is 0 Å². The molecule has 0 amide bonds. The van der Waals surface area contributed by atoms with Gasteiger partial charge in [0.15, 0.2) is 0 Å². The van der Waals surface area contributed by atoms with Crippen molar-refractivity contribution < 1.29 is 18.7 Å². The lowest BCUT2D eigenvalue weighted by atomic mass is 10.3. The van der Waals surface area contributed by atoms with Crippen LogP contribution in [0.3, 0.4) is 0 Å². The van der Waals surface area contributed by atoms with Crippen LogP contribution in [-0.2, 0) is 4.74 Å². The molecule has 0 aliphatic heterocycles. The summed E-state index contributed by atoms with van der Waals surface area (Å²) in [6.45, 7) is 1.93. The second-order valence-corrected chi connectivity index (χ2v) is 3.00. The zero-order valence-electron chi connectivity index (χ0n) is 9.11. The molecular formula is C11H14FNO3. The average Bonchev–Trinajstić information content (AvgIpc) is 2.30. The Labute approximate surface area is 93.4 Å². The van der Waals surface area contributed by atoms with E-state index in [1.165, 1.54) is 6.20 Å². The number of hydrogen-bond acceptors (Lipinski definition) is 4. The summed E-state index contributed by atoms with van der Waals surface area (Å²) in [5.41, 5.74) is 0.375. The Morgan fingerprint density at radius 2 is 2.31 bits per heavy atom. The molecule has 0 unspecified atom stereocenters. The molecule has 0 aromatic carbocycles. The van der Waals surface area contributed by atoms with E-state index in [-0.39, 0.29) is 6.61 Å². The molecule has 4 nitrogen and oxygen atoms in total. The summed E-state index contributed by atoms with van der Waals surface area (Å²) in [5.74, 6) is -0.0354. The summed E-state index contributed by atoms with van der Waals surface area (Å²) >= 11 is 0. The number of esters is 1. The lowest BCUT2D eigenvalue weighted by Gasteiger charge is -2.04. The van der Waals surface area contributed by atoms with Crippen molar-refractivity contribution in [2.75, 3.05) is 19.9 Å². The molecule has 0 bridgehead atoms. The predicted octanol–water partition coefficient (Wildman–Crippen LogP) is 2.00. The maximum atomic E-state index is 11.8. The van der Waals surface area contributed by atoms with Crippen molar-refractivity contribution in [2.45, 2.75) is 13.3 Å². The van der Waals surface area contributed by atoms with Gasteiger partial charge in [-0.1, -0.05) is 0 Å². The SMILES string of the molecule is CCOC(=O)c1ccc(OCCCF)nc1. The highest BCUT2D eigenvalue weighted by Gasteiger charge is 2.06. The third-order valence-corrected chi connectivity index (χ3v) is 1.78. The van der Waals surface area contributed by atoms with Crippen LogP contribution in [0.1, 0.15) is 23.7 Å². The molecule has 5 heteroatoms. The van der Waals surface area contributed by atoms with Crippen LogP contribution in [0.5, 0.6) is 5.88 Å². The monoisotopic (exact) mass is 227 g/mol. The molecule has 0 N–H and O–H groups in total. The minimum absolute atomic E-state index is 0.280. The minimum atomic E-state index is -0.416. The van der Waals surface area contributed by atoms with Gasteiger partial charge < -0.3 is 9.47 Å². The summed E-state index contributed by atoms with van der Waals surface area (Å²) in [5, 5.41) is 0. The number of nitrogens with zero attached hydrogens (tertiary/aromatic N) is 1. The molecule has 0 radical (unpaired) electrons. The van der Waals surface area contributed by atoms with E-state index in [2.05, 4.69) is 4.98 Å². The van der Waals surface area contributed by atoms with Gasteiger partial charge in [-0.2, -0.15) is 0 Å². The van der Waals surface area contributed by atoms with Crippen LogP contribution < -0.4 is 4.74 Å². The van der Waals surface area contributed by atoms with Crippen molar-refractivity contribution in [1.29, 1.82) is 0 Å². The summed E-state index contributed by atoms with van der Waals surface area (Å²) in [6.07, 6.45) is 1.71. The van der Waals surface area contributed by atoms with E-state index >= 15 is 0 Å². The fourth-order valence-electron chi connectivity index (χ4n) is 1.03. The molecule has 1 heterocycles. The van der Waals surface area contributed by atoms with E-state index in [1.807, 2.05) is 0 Å². The normalized spacial score (nSPS) is 9.88. The Morgan fingerprint density at radius 1 is 1.50 bits per heavy atom.